The number of Topliss-reactive ketones (excluding diaryl/α,β-unsaturated/α-hetero) is 1. The number of carbonyl (C=O) groups excluding carboxylic acids is 9. The Morgan fingerprint density at radius 1 is 0.411 bits per heavy atom. The molecule has 9 aliphatic rings. The zero-order valence-corrected chi connectivity index (χ0v) is 85.0. The number of ketones is 1. The van der Waals surface area contributed by atoms with E-state index < -0.39 is 12.0 Å². The lowest BCUT2D eigenvalue weighted by Crippen LogP contribution is -2.45. The lowest BCUT2D eigenvalue weighted by Gasteiger charge is -2.23. The van der Waals surface area contributed by atoms with E-state index >= 15 is 0 Å². The normalized spacial score (nSPS) is 17.5. The number of aliphatic imine (C=N–C) groups is 4. The van der Waals surface area contributed by atoms with Gasteiger partial charge in [-0.2, -0.15) is 0 Å². The van der Waals surface area contributed by atoms with Crippen molar-refractivity contribution >= 4 is 134 Å². The Labute approximate surface area is 852 Å². The van der Waals surface area contributed by atoms with Crippen molar-refractivity contribution < 1.29 is 81.0 Å². The Bertz CT molecular complexity index is 6480. The second-order valence-corrected chi connectivity index (χ2v) is 39.1. The van der Waals surface area contributed by atoms with Crippen molar-refractivity contribution in [3.05, 3.63) is 238 Å². The average Bonchev–Trinajstić information content (AvgIpc) is 1.64. The Morgan fingerprint density at radius 2 is 0.753 bits per heavy atom. The number of benzene rings is 8. The number of nitrogen functional groups attached to an aromatic ring is 1. The topological polar surface area (TPSA) is 350 Å². The standard InChI is InChI=1S/C67H78N8O11.C48H52N6O6/c1-42(2)64(71-61(77)15-10-8-11-27-73-62(78)24-25-63(73)79)57(76)32-44(4)65(80)70-49-20-16-45(17-21-49)47-33-51-39-69-56-37-60(59(83-7)35-54(56)67(82)75(51)40-47)86-29-13-9-12-28-85-58-36-55-53(31-43(58)3)66(81)74-41-48(34-50(74)38-68-55)46-18-22-52(23-19-46)84-30-14-26-72(5)6;1-31-21-40-42(50-27-37-23-35(30-53(37)47(40)55)33-11-15-39(16-12-33)58-20-8-17-52(2)3)25-44(31)59-18-6-5-7-19-60-46-26-43-41(24-45(46)57-4)48(56)54-29-34(22-38(54)28-51-43)32-9-13-36(49)14-10-32/h16-25,31,35-42,44,50-51,64H,8-15,26-30,32-34H2,1-7H3,(H,70,80)(H,71,77);9-16,21,24-30,37-38H,5-8,17-20,22-23,49H2,1-4H3/t44-,50+,51+,64+;37-,38-/m10/s1. The summed E-state index contributed by atoms with van der Waals surface area (Å²) in [5.41, 5.74) is 21.3. The van der Waals surface area contributed by atoms with Gasteiger partial charge in [-0.1, -0.05) is 75.7 Å². The molecule has 8 amide bonds. The number of methoxy groups -OCH3 is 2. The summed E-state index contributed by atoms with van der Waals surface area (Å²) in [7, 11) is 11.3. The number of unbranched alkanes of at least 4 members (excludes halogenated alkanes) is 6. The number of carbonyl (C=O) groups is 9. The number of hydrogen-bond donors (Lipinski definition) is 3. The molecule has 0 aromatic heterocycles. The van der Waals surface area contributed by atoms with Crippen molar-refractivity contribution in [1.29, 1.82) is 0 Å². The van der Waals surface area contributed by atoms with Crippen molar-refractivity contribution in [1.82, 2.24) is 39.6 Å². The summed E-state index contributed by atoms with van der Waals surface area (Å²) in [6.45, 7) is 14.7. The lowest BCUT2D eigenvalue weighted by atomic mass is 9.92. The molecular formula is C115H130N14O17. The van der Waals surface area contributed by atoms with Crippen LogP contribution in [0.15, 0.2) is 203 Å². The maximum Gasteiger partial charge on any atom is 0.260 e. The molecule has 0 fully saturated rings. The number of aryl methyl sites for hydroxylation is 2. The summed E-state index contributed by atoms with van der Waals surface area (Å²) in [5, 5.41) is 5.76. The lowest BCUT2D eigenvalue weighted by molar-refractivity contribution is -0.137. The maximum absolute atomic E-state index is 14.1. The van der Waals surface area contributed by atoms with Gasteiger partial charge in [-0.15, -0.1) is 0 Å². The molecule has 6 atom stereocenters. The van der Waals surface area contributed by atoms with Gasteiger partial charge in [-0.3, -0.25) is 68.0 Å². The zero-order valence-electron chi connectivity index (χ0n) is 85.0. The summed E-state index contributed by atoms with van der Waals surface area (Å²) >= 11 is 0. The van der Waals surface area contributed by atoms with Crippen molar-refractivity contribution in [3.8, 4) is 46.0 Å². The van der Waals surface area contributed by atoms with E-state index in [1.54, 1.807) is 76.2 Å². The van der Waals surface area contributed by atoms with E-state index in [4.69, 9.17) is 63.6 Å². The number of anilines is 2. The third-order valence-corrected chi connectivity index (χ3v) is 27.2. The Balaban J connectivity index is 0.000000222. The molecule has 31 nitrogen and oxygen atoms in total. The minimum atomic E-state index is -0.754. The van der Waals surface area contributed by atoms with Crippen LogP contribution in [0.1, 0.15) is 205 Å². The number of nitrogens with one attached hydrogen (secondary N) is 2. The molecule has 0 radical (unpaired) electrons. The molecule has 17 rings (SSSR count). The molecule has 146 heavy (non-hydrogen) atoms. The third kappa shape index (κ3) is 25.4. The number of nitrogens with two attached hydrogens (primary N) is 1. The highest BCUT2D eigenvalue weighted by molar-refractivity contribution is 6.13. The number of nitrogens with zero attached hydrogens (tertiary/aromatic N) is 11. The zero-order chi connectivity index (χ0) is 103. The molecule has 0 saturated heterocycles. The first kappa shape index (κ1) is 104. The van der Waals surface area contributed by atoms with Gasteiger partial charge in [0.15, 0.2) is 28.8 Å². The minimum Gasteiger partial charge on any atom is -0.494 e. The number of fused-ring (bicyclic) bond motifs is 8. The van der Waals surface area contributed by atoms with Gasteiger partial charge in [0, 0.05) is 162 Å². The predicted molar refractivity (Wildman–Crippen MR) is 567 cm³/mol. The quantitative estimate of drug-likeness (QED) is 0.0181. The van der Waals surface area contributed by atoms with Crippen LogP contribution in [0.3, 0.4) is 0 Å². The Morgan fingerprint density at radius 3 is 1.12 bits per heavy atom. The van der Waals surface area contributed by atoms with E-state index in [1.807, 2.05) is 168 Å². The van der Waals surface area contributed by atoms with E-state index in [-0.39, 0.29) is 96.0 Å². The summed E-state index contributed by atoms with van der Waals surface area (Å²) < 4.78 is 48.0. The van der Waals surface area contributed by atoms with Crippen LogP contribution in [-0.2, 0) is 24.0 Å². The number of imide groups is 1. The first-order valence-corrected chi connectivity index (χ1v) is 50.5. The number of amides is 8. The monoisotopic (exact) mass is 1980 g/mol. The molecule has 0 unspecified atom stereocenters. The van der Waals surface area contributed by atoms with E-state index in [0.29, 0.717) is 176 Å². The average molecular weight is 1980 g/mol. The van der Waals surface area contributed by atoms with Crippen molar-refractivity contribution in [3.63, 3.8) is 0 Å². The Kier molecular flexibility index (Phi) is 34.2. The van der Waals surface area contributed by atoms with Gasteiger partial charge in [0.2, 0.25) is 11.8 Å². The first-order valence-electron chi connectivity index (χ1n) is 50.5. The van der Waals surface area contributed by atoms with Gasteiger partial charge >= 0.3 is 0 Å². The highest BCUT2D eigenvalue weighted by Crippen LogP contribution is 2.46. The van der Waals surface area contributed by atoms with E-state index in [1.165, 1.54) is 24.2 Å². The van der Waals surface area contributed by atoms with Gasteiger partial charge in [0.1, 0.15) is 23.0 Å². The molecule has 8 aromatic rings. The highest BCUT2D eigenvalue weighted by Gasteiger charge is 2.40. The SMILES string of the molecule is COc1cc2c(cc1OCCCCCOc1cc3c(cc1C)C(=O)N1C=C(c4ccc(OCCCN(C)C)cc4)C[C@H]1C=N3)N=C[C@@H]1CC(c3ccc(N)cc3)=CN1C2=O.COc1cc2c(cc1OCCCCCOc1cc3c(cc1C)C(=O)N1C=C(c4ccc(OCCCN(C)C)cc4)C[C@H]1C=N3)N=C[C@@H]1CC(c3ccc(NC(=O)[C@H](C)CC(=O)[C@@H](NC(=O)CCCCCN4C(=O)C=CC4=O)C(C)C)cc3)=CN1C2=O. The fourth-order valence-electron chi connectivity index (χ4n) is 19.0. The molecule has 762 valence electrons. The Hall–Kier alpha value is -15.1. The molecule has 0 aliphatic carbocycles. The van der Waals surface area contributed by atoms with Crippen LogP contribution < -0.4 is 54.3 Å². The summed E-state index contributed by atoms with van der Waals surface area (Å²) in [6.07, 6.45) is 28.7. The van der Waals surface area contributed by atoms with E-state index in [2.05, 4.69) is 60.8 Å². The van der Waals surface area contributed by atoms with Crippen molar-refractivity contribution in [2.45, 2.75) is 174 Å². The molecule has 4 N–H and O–H groups in total. The van der Waals surface area contributed by atoms with Crippen LogP contribution in [0, 0.1) is 25.7 Å². The van der Waals surface area contributed by atoms with Gasteiger partial charge in [0.05, 0.1) is 129 Å². The summed E-state index contributed by atoms with van der Waals surface area (Å²) in [4.78, 5) is 150. The number of hydrogen-bond acceptors (Lipinski definition) is 24. The maximum atomic E-state index is 14.1. The smallest absolute Gasteiger partial charge is 0.260 e. The molecular weight excluding hydrogens is 1850 g/mol. The van der Waals surface area contributed by atoms with Gasteiger partial charge in [0.25, 0.3) is 35.4 Å². The summed E-state index contributed by atoms with van der Waals surface area (Å²) in [5.74, 6) is 2.17. The van der Waals surface area contributed by atoms with Crippen molar-refractivity contribution in [2.75, 3.05) is 113 Å². The van der Waals surface area contributed by atoms with Gasteiger partial charge in [-0.05, 0) is 241 Å². The first-order chi connectivity index (χ1) is 70.6. The highest BCUT2D eigenvalue weighted by atomic mass is 16.5. The van der Waals surface area contributed by atoms with Crippen molar-refractivity contribution in [2.24, 2.45) is 31.8 Å². The minimum absolute atomic E-state index is 0.0619. The predicted octanol–water partition coefficient (Wildman–Crippen LogP) is 18.6. The molecule has 9 aliphatic heterocycles. The van der Waals surface area contributed by atoms with Crippen LogP contribution in [0.4, 0.5) is 34.1 Å². The van der Waals surface area contributed by atoms with Crippen LogP contribution in [0.2, 0.25) is 0 Å². The molecule has 0 spiro atoms. The third-order valence-electron chi connectivity index (χ3n) is 27.2. The fourth-order valence-corrected chi connectivity index (χ4v) is 19.0. The molecule has 31 heteroatoms. The molecule has 8 aromatic carbocycles. The number of ether oxygens (including phenoxy) is 8. The fraction of sp³-hybridized carbons (Fsp3) is 0.383. The van der Waals surface area contributed by atoms with Crippen LogP contribution >= 0.6 is 0 Å². The largest absolute Gasteiger partial charge is 0.494 e. The van der Waals surface area contributed by atoms with Gasteiger partial charge in [-0.25, -0.2) is 0 Å². The molecule has 9 heterocycles. The molecule has 0 bridgehead atoms. The van der Waals surface area contributed by atoms with Crippen LogP contribution in [0.5, 0.6) is 46.0 Å². The van der Waals surface area contributed by atoms with E-state index in [0.717, 1.165) is 137 Å². The van der Waals surface area contributed by atoms with Crippen LogP contribution in [-0.4, -0.2) is 244 Å². The van der Waals surface area contributed by atoms with Gasteiger partial charge < -0.3 is 83.7 Å². The molecule has 0 saturated carbocycles. The second-order valence-electron chi connectivity index (χ2n) is 39.1. The van der Waals surface area contributed by atoms with Crippen LogP contribution in [0.25, 0.3) is 22.3 Å². The summed E-state index contributed by atoms with van der Waals surface area (Å²) in [6, 6.07) is 44.0. The second kappa shape index (κ2) is 48.1. The van der Waals surface area contributed by atoms with E-state index in [9.17, 15) is 43.2 Å². The number of rotatable bonds is 45.